The number of hydrogen-bond donors (Lipinski definition) is 3. The first kappa shape index (κ1) is 14.2. The number of benzene rings is 1. The van der Waals surface area contributed by atoms with Crippen LogP contribution in [-0.2, 0) is 13.0 Å². The number of carbonyl (C=O) groups excluding carboxylic acids is 1. The van der Waals surface area contributed by atoms with Crippen LogP contribution in [0, 0.1) is 0 Å². The number of aromatic amines is 2. The Kier molecular flexibility index (Phi) is 3.86. The largest absolute Gasteiger partial charge is 0.492 e. The quantitative estimate of drug-likeness (QED) is 0.806. The fraction of sp³-hybridized carbons (Fsp3) is 0.333. The summed E-state index contributed by atoms with van der Waals surface area (Å²) in [5.41, 5.74) is 2.04. The summed E-state index contributed by atoms with van der Waals surface area (Å²) in [6, 6.07) is 7.11. The summed E-state index contributed by atoms with van der Waals surface area (Å²) in [5, 5.41) is 8.24. The Morgan fingerprint density at radius 1 is 1.36 bits per heavy atom. The molecule has 0 fully saturated rings. The number of H-pyrrole nitrogens is 2. The van der Waals surface area contributed by atoms with E-state index < -0.39 is 0 Å². The van der Waals surface area contributed by atoms with Gasteiger partial charge in [-0.3, -0.25) is 9.89 Å². The second-order valence-electron chi connectivity index (χ2n) is 5.07. The van der Waals surface area contributed by atoms with Crippen molar-refractivity contribution in [3.05, 3.63) is 45.9 Å². The van der Waals surface area contributed by atoms with Crippen molar-refractivity contribution in [2.45, 2.75) is 19.9 Å². The van der Waals surface area contributed by atoms with Crippen molar-refractivity contribution >= 4 is 11.7 Å². The molecule has 0 unspecified atom stereocenters. The monoisotopic (exact) mass is 302 g/mol. The lowest BCUT2D eigenvalue weighted by molar-refractivity contribution is 0.205. The number of rotatable bonds is 3. The van der Waals surface area contributed by atoms with E-state index in [1.165, 1.54) is 0 Å². The van der Waals surface area contributed by atoms with E-state index in [0.29, 0.717) is 37.6 Å². The zero-order chi connectivity index (χ0) is 15.5. The van der Waals surface area contributed by atoms with Gasteiger partial charge in [-0.05, 0) is 25.5 Å². The number of para-hydroxylation sites is 2. The van der Waals surface area contributed by atoms with E-state index in [4.69, 9.17) is 4.74 Å². The van der Waals surface area contributed by atoms with Crippen LogP contribution in [0.25, 0.3) is 0 Å². The second kappa shape index (κ2) is 5.97. The van der Waals surface area contributed by atoms with Gasteiger partial charge in [0.15, 0.2) is 0 Å². The van der Waals surface area contributed by atoms with Crippen LogP contribution in [0.2, 0.25) is 0 Å². The topological polar surface area (TPSA) is 90.2 Å². The molecule has 2 aromatic rings. The van der Waals surface area contributed by atoms with Crippen LogP contribution in [0.4, 0.5) is 10.5 Å². The number of anilines is 1. The highest BCUT2D eigenvalue weighted by Crippen LogP contribution is 2.24. The summed E-state index contributed by atoms with van der Waals surface area (Å²) in [6.07, 6.45) is 0.550. The smallest absolute Gasteiger partial charge is 0.322 e. The van der Waals surface area contributed by atoms with Gasteiger partial charge in [-0.2, -0.15) is 0 Å². The van der Waals surface area contributed by atoms with E-state index >= 15 is 0 Å². The highest BCUT2D eigenvalue weighted by molar-refractivity contribution is 5.91. The Morgan fingerprint density at radius 3 is 3.00 bits per heavy atom. The lowest BCUT2D eigenvalue weighted by atomic mass is 10.1. The summed E-state index contributed by atoms with van der Waals surface area (Å²) < 4.78 is 5.50. The van der Waals surface area contributed by atoms with Crippen LogP contribution in [0.3, 0.4) is 0 Å². The Hall–Kier alpha value is -2.70. The van der Waals surface area contributed by atoms with E-state index in [-0.39, 0.29) is 11.6 Å². The maximum Gasteiger partial charge on any atom is 0.322 e. The zero-order valence-electron chi connectivity index (χ0n) is 12.3. The second-order valence-corrected chi connectivity index (χ2v) is 5.07. The molecule has 0 bridgehead atoms. The van der Waals surface area contributed by atoms with Crippen LogP contribution < -0.4 is 15.6 Å². The van der Waals surface area contributed by atoms with E-state index in [1.54, 1.807) is 11.0 Å². The third kappa shape index (κ3) is 2.69. The Labute approximate surface area is 127 Å². The number of hydrogen-bond acceptors (Lipinski definition) is 3. The van der Waals surface area contributed by atoms with Crippen molar-refractivity contribution < 1.29 is 9.53 Å². The Bertz CT molecular complexity index is 734. The summed E-state index contributed by atoms with van der Waals surface area (Å²) in [4.78, 5) is 25.6. The van der Waals surface area contributed by atoms with E-state index in [9.17, 15) is 9.59 Å². The van der Waals surface area contributed by atoms with Gasteiger partial charge in [0.2, 0.25) is 0 Å². The minimum absolute atomic E-state index is 0.100. The molecule has 3 rings (SSSR count). The predicted molar refractivity (Wildman–Crippen MR) is 82.2 cm³/mol. The number of ether oxygens (including phenoxy) is 1. The first-order valence-corrected chi connectivity index (χ1v) is 7.25. The van der Waals surface area contributed by atoms with Gasteiger partial charge in [0.1, 0.15) is 5.75 Å². The van der Waals surface area contributed by atoms with Gasteiger partial charge < -0.3 is 20.1 Å². The van der Waals surface area contributed by atoms with Crippen molar-refractivity contribution in [2.24, 2.45) is 0 Å². The first-order chi connectivity index (χ1) is 10.7. The third-order valence-electron chi connectivity index (χ3n) is 3.66. The highest BCUT2D eigenvalue weighted by Gasteiger charge is 2.24. The van der Waals surface area contributed by atoms with Crippen LogP contribution in [-0.4, -0.2) is 34.3 Å². The lowest BCUT2D eigenvalue weighted by Gasteiger charge is -2.26. The van der Waals surface area contributed by atoms with Crippen molar-refractivity contribution in [3.63, 3.8) is 0 Å². The average Bonchev–Trinajstić information content (AvgIpc) is 2.90. The molecule has 7 heteroatoms. The maximum absolute atomic E-state index is 12.4. The molecule has 7 nitrogen and oxygen atoms in total. The first-order valence-electron chi connectivity index (χ1n) is 7.25. The van der Waals surface area contributed by atoms with Crippen molar-refractivity contribution in [2.75, 3.05) is 18.5 Å². The molecule has 1 aliphatic heterocycles. The number of aromatic nitrogens is 2. The Morgan fingerprint density at radius 2 is 2.18 bits per heavy atom. The molecule has 0 aliphatic carbocycles. The Balaban J connectivity index is 1.72. The summed E-state index contributed by atoms with van der Waals surface area (Å²) >= 11 is 0. The van der Waals surface area contributed by atoms with Gasteiger partial charge in [-0.25, -0.2) is 4.79 Å². The fourth-order valence-electron chi connectivity index (χ4n) is 2.56. The molecule has 1 aromatic carbocycles. The lowest BCUT2D eigenvalue weighted by Crippen LogP contribution is -2.39. The van der Waals surface area contributed by atoms with Crippen molar-refractivity contribution in [3.8, 4) is 5.75 Å². The molecule has 0 radical (unpaired) electrons. The van der Waals surface area contributed by atoms with Crippen molar-refractivity contribution in [1.29, 1.82) is 0 Å². The van der Waals surface area contributed by atoms with E-state index in [1.807, 2.05) is 25.1 Å². The molecule has 0 atom stereocenters. The van der Waals surface area contributed by atoms with Gasteiger partial charge in [0.05, 0.1) is 24.5 Å². The predicted octanol–water partition coefficient (Wildman–Crippen LogP) is 1.69. The van der Waals surface area contributed by atoms with Gasteiger partial charge in [-0.15, -0.1) is 0 Å². The van der Waals surface area contributed by atoms with Crippen LogP contribution in [0.1, 0.15) is 18.2 Å². The van der Waals surface area contributed by atoms with Crippen molar-refractivity contribution in [1.82, 2.24) is 15.1 Å². The van der Waals surface area contributed by atoms with E-state index in [2.05, 4.69) is 15.5 Å². The van der Waals surface area contributed by atoms with Crippen LogP contribution in [0.15, 0.2) is 29.1 Å². The number of fused-ring (bicyclic) bond motifs is 1. The van der Waals surface area contributed by atoms with Gasteiger partial charge in [-0.1, -0.05) is 12.1 Å². The molecule has 0 saturated carbocycles. The average molecular weight is 302 g/mol. The fourth-order valence-corrected chi connectivity index (χ4v) is 2.56. The molecular weight excluding hydrogens is 284 g/mol. The number of nitrogens with zero attached hydrogens (tertiary/aromatic N) is 1. The number of urea groups is 1. The molecule has 1 aliphatic rings. The molecule has 2 amide bonds. The number of carbonyl (C=O) groups is 1. The molecule has 0 spiro atoms. The molecule has 0 saturated heterocycles. The molecule has 3 N–H and O–H groups in total. The van der Waals surface area contributed by atoms with Crippen LogP contribution >= 0.6 is 0 Å². The summed E-state index contributed by atoms with van der Waals surface area (Å²) in [6.45, 7) is 3.32. The summed E-state index contributed by atoms with van der Waals surface area (Å²) in [7, 11) is 0. The standard InChI is InChI=1S/C15H18N4O3/c1-2-22-13-6-4-3-5-11(13)16-15(21)19-8-7-10-12(9-19)17-18-14(10)20/h3-6H,2,7-9H2,1H3,(H,16,21)(H2,17,18,20). The van der Waals surface area contributed by atoms with Gasteiger partial charge in [0, 0.05) is 12.1 Å². The minimum atomic E-state index is -0.208. The normalized spacial score (nSPS) is 13.6. The van der Waals surface area contributed by atoms with E-state index in [0.717, 1.165) is 11.3 Å². The highest BCUT2D eigenvalue weighted by atomic mass is 16.5. The third-order valence-corrected chi connectivity index (χ3v) is 3.66. The molecule has 116 valence electrons. The molecule has 2 heterocycles. The van der Waals surface area contributed by atoms with Gasteiger partial charge >= 0.3 is 6.03 Å². The number of amides is 2. The molecule has 22 heavy (non-hydrogen) atoms. The maximum atomic E-state index is 12.4. The molecule has 1 aromatic heterocycles. The van der Waals surface area contributed by atoms with Gasteiger partial charge in [0.25, 0.3) is 5.56 Å². The minimum Gasteiger partial charge on any atom is -0.492 e. The number of nitrogens with one attached hydrogen (secondary N) is 3. The SMILES string of the molecule is CCOc1ccccc1NC(=O)N1CCc2c([nH][nH]c2=O)C1. The molecular formula is C15H18N4O3. The summed E-state index contributed by atoms with van der Waals surface area (Å²) in [5.74, 6) is 0.645. The van der Waals surface area contributed by atoms with Crippen LogP contribution in [0.5, 0.6) is 5.75 Å². The zero-order valence-corrected chi connectivity index (χ0v) is 12.3.